The molecule has 1 aromatic heterocycles. The monoisotopic (exact) mass is 510 g/mol. The van der Waals surface area contributed by atoms with Crippen LogP contribution in [-0.2, 0) is 9.53 Å². The highest BCUT2D eigenvalue weighted by molar-refractivity contribution is 8.01. The molecule has 0 aliphatic carbocycles. The molecule has 166 valence electrons. The molecule has 2 aromatic carbocycles. The third kappa shape index (κ3) is 6.42. The van der Waals surface area contributed by atoms with Crippen LogP contribution in [0.5, 0.6) is 0 Å². The molecular weight excluding hydrogens is 495 g/mol. The summed E-state index contributed by atoms with van der Waals surface area (Å²) >= 11 is 14.2. The summed E-state index contributed by atoms with van der Waals surface area (Å²) in [6, 6.07) is 11.1. The van der Waals surface area contributed by atoms with Gasteiger partial charge in [-0.1, -0.05) is 58.4 Å². The average molecular weight is 511 g/mol. The minimum atomic E-state index is -0.514. The molecule has 0 atom stereocenters. The van der Waals surface area contributed by atoms with Gasteiger partial charge in [-0.05, 0) is 37.3 Å². The first-order chi connectivity index (χ1) is 15.4. The predicted molar refractivity (Wildman–Crippen MR) is 126 cm³/mol. The molecule has 8 nitrogen and oxygen atoms in total. The Hall–Kier alpha value is -2.66. The average Bonchev–Trinajstić information content (AvgIpc) is 3.21. The van der Waals surface area contributed by atoms with Crippen LogP contribution >= 0.6 is 46.3 Å². The van der Waals surface area contributed by atoms with E-state index in [1.807, 2.05) is 0 Å². The number of ether oxygens (including phenoxy) is 1. The molecule has 3 aromatic rings. The van der Waals surface area contributed by atoms with E-state index < -0.39 is 11.9 Å². The van der Waals surface area contributed by atoms with Crippen molar-refractivity contribution in [1.82, 2.24) is 10.2 Å². The maximum Gasteiger partial charge on any atom is 0.340 e. The van der Waals surface area contributed by atoms with Crippen molar-refractivity contribution < 1.29 is 19.1 Å². The van der Waals surface area contributed by atoms with Crippen molar-refractivity contribution >= 4 is 74.9 Å². The third-order valence-electron chi connectivity index (χ3n) is 3.82. The summed E-state index contributed by atoms with van der Waals surface area (Å²) in [5, 5.41) is 14.0. The van der Waals surface area contributed by atoms with Crippen LogP contribution in [0.2, 0.25) is 10.0 Å². The number of amides is 2. The number of aromatic nitrogens is 2. The van der Waals surface area contributed by atoms with Crippen molar-refractivity contribution in [2.24, 2.45) is 0 Å². The fourth-order valence-corrected chi connectivity index (χ4v) is 4.37. The zero-order valence-electron chi connectivity index (χ0n) is 16.6. The first-order valence-electron chi connectivity index (χ1n) is 9.16. The fraction of sp³-hybridized carbons (Fsp3) is 0.150. The van der Waals surface area contributed by atoms with Crippen LogP contribution in [0.4, 0.5) is 10.8 Å². The lowest BCUT2D eigenvalue weighted by Gasteiger charge is -2.09. The molecule has 0 spiro atoms. The van der Waals surface area contributed by atoms with E-state index in [-0.39, 0.29) is 39.5 Å². The maximum atomic E-state index is 12.4. The van der Waals surface area contributed by atoms with Gasteiger partial charge in [-0.15, -0.1) is 10.2 Å². The number of thioether (sulfide) groups is 1. The second-order valence-electron chi connectivity index (χ2n) is 6.05. The van der Waals surface area contributed by atoms with Crippen molar-refractivity contribution in [2.75, 3.05) is 23.0 Å². The Labute approximate surface area is 201 Å². The highest BCUT2D eigenvalue weighted by Gasteiger charge is 2.16. The Morgan fingerprint density at radius 2 is 1.84 bits per heavy atom. The van der Waals surface area contributed by atoms with Gasteiger partial charge in [0.1, 0.15) is 0 Å². The number of hydrogen-bond donors (Lipinski definition) is 2. The number of benzene rings is 2. The second-order valence-corrected chi connectivity index (χ2v) is 9.10. The quantitative estimate of drug-likeness (QED) is 0.249. The molecule has 1 heterocycles. The van der Waals surface area contributed by atoms with Crippen molar-refractivity contribution in [1.29, 1.82) is 0 Å². The molecule has 0 saturated carbocycles. The molecule has 0 aliphatic rings. The van der Waals surface area contributed by atoms with Crippen LogP contribution in [0.15, 0.2) is 46.8 Å². The standard InChI is InChI=1S/C20H16Cl2N4O4S2/c1-2-30-18(29)12-5-3-4-6-15(12)23-16(27)10-31-20-26-25-19(32-20)24-17(28)13-9-11(21)7-8-14(13)22/h3-9H,2,10H2,1H3,(H,23,27)(H,24,25,28). The number of nitrogens with one attached hydrogen (secondary N) is 2. The molecule has 12 heteroatoms. The van der Waals surface area contributed by atoms with Gasteiger partial charge < -0.3 is 10.1 Å². The molecule has 3 rings (SSSR count). The van der Waals surface area contributed by atoms with E-state index in [9.17, 15) is 14.4 Å². The molecule has 0 aliphatic heterocycles. The van der Waals surface area contributed by atoms with Crippen LogP contribution in [0.3, 0.4) is 0 Å². The Kier molecular flexibility index (Phi) is 8.46. The minimum Gasteiger partial charge on any atom is -0.462 e. The lowest BCUT2D eigenvalue weighted by molar-refractivity contribution is -0.113. The van der Waals surface area contributed by atoms with Crippen molar-refractivity contribution in [3.8, 4) is 0 Å². The summed E-state index contributed by atoms with van der Waals surface area (Å²) in [4.78, 5) is 36.7. The number of anilines is 2. The highest BCUT2D eigenvalue weighted by atomic mass is 35.5. The number of rotatable bonds is 8. The molecule has 32 heavy (non-hydrogen) atoms. The summed E-state index contributed by atoms with van der Waals surface area (Å²) in [7, 11) is 0. The van der Waals surface area contributed by atoms with Crippen LogP contribution in [0.25, 0.3) is 0 Å². The SMILES string of the molecule is CCOC(=O)c1ccccc1NC(=O)CSc1nnc(NC(=O)c2cc(Cl)ccc2Cl)s1. The number of carbonyl (C=O) groups excluding carboxylic acids is 3. The molecular formula is C20H16Cl2N4O4S2. The summed E-state index contributed by atoms with van der Waals surface area (Å²) < 4.78 is 5.48. The van der Waals surface area contributed by atoms with E-state index in [1.54, 1.807) is 37.3 Å². The molecule has 0 saturated heterocycles. The van der Waals surface area contributed by atoms with E-state index in [0.717, 1.165) is 23.1 Å². The van der Waals surface area contributed by atoms with Gasteiger partial charge in [0, 0.05) is 5.02 Å². The van der Waals surface area contributed by atoms with Gasteiger partial charge in [-0.3, -0.25) is 14.9 Å². The van der Waals surface area contributed by atoms with E-state index in [1.165, 1.54) is 12.1 Å². The molecule has 0 radical (unpaired) electrons. The smallest absolute Gasteiger partial charge is 0.340 e. The highest BCUT2D eigenvalue weighted by Crippen LogP contribution is 2.27. The molecule has 2 N–H and O–H groups in total. The zero-order valence-corrected chi connectivity index (χ0v) is 19.7. The van der Waals surface area contributed by atoms with Gasteiger partial charge in [-0.25, -0.2) is 4.79 Å². The summed E-state index contributed by atoms with van der Waals surface area (Å²) in [6.07, 6.45) is 0. The van der Waals surface area contributed by atoms with Gasteiger partial charge in [0.2, 0.25) is 11.0 Å². The van der Waals surface area contributed by atoms with Crippen LogP contribution < -0.4 is 10.6 Å². The number of para-hydroxylation sites is 1. The van der Waals surface area contributed by atoms with Gasteiger partial charge in [0.25, 0.3) is 5.91 Å². The Morgan fingerprint density at radius 3 is 2.62 bits per heavy atom. The Balaban J connectivity index is 1.56. The number of hydrogen-bond acceptors (Lipinski definition) is 8. The predicted octanol–water partition coefficient (Wildman–Crippen LogP) is 5.00. The number of halogens is 2. The van der Waals surface area contributed by atoms with E-state index in [4.69, 9.17) is 27.9 Å². The van der Waals surface area contributed by atoms with Gasteiger partial charge >= 0.3 is 5.97 Å². The molecule has 0 fully saturated rings. The number of esters is 1. The van der Waals surface area contributed by atoms with Gasteiger partial charge in [-0.2, -0.15) is 0 Å². The topological polar surface area (TPSA) is 110 Å². The van der Waals surface area contributed by atoms with Gasteiger partial charge in [0.05, 0.1) is 34.2 Å². The normalized spacial score (nSPS) is 10.5. The molecule has 0 bridgehead atoms. The van der Waals surface area contributed by atoms with E-state index >= 15 is 0 Å². The summed E-state index contributed by atoms with van der Waals surface area (Å²) in [5.41, 5.74) is 0.844. The maximum absolute atomic E-state index is 12.4. The molecule has 2 amide bonds. The van der Waals surface area contributed by atoms with Crippen LogP contribution in [0, 0.1) is 0 Å². The number of nitrogens with zero attached hydrogens (tertiary/aromatic N) is 2. The number of carbonyl (C=O) groups is 3. The Morgan fingerprint density at radius 1 is 1.06 bits per heavy atom. The fourth-order valence-electron chi connectivity index (χ4n) is 2.45. The lowest BCUT2D eigenvalue weighted by Crippen LogP contribution is -2.17. The summed E-state index contributed by atoms with van der Waals surface area (Å²) in [5.74, 6) is -1.29. The van der Waals surface area contributed by atoms with E-state index in [2.05, 4.69) is 20.8 Å². The minimum absolute atomic E-state index is 0.0276. The largest absolute Gasteiger partial charge is 0.462 e. The van der Waals surface area contributed by atoms with Crippen LogP contribution in [0.1, 0.15) is 27.6 Å². The van der Waals surface area contributed by atoms with E-state index in [0.29, 0.717) is 15.0 Å². The Bertz CT molecular complexity index is 1160. The van der Waals surface area contributed by atoms with Crippen molar-refractivity contribution in [3.05, 3.63) is 63.6 Å². The lowest BCUT2D eigenvalue weighted by atomic mass is 10.2. The molecule has 0 unspecified atom stereocenters. The van der Waals surface area contributed by atoms with Gasteiger partial charge in [0.15, 0.2) is 4.34 Å². The summed E-state index contributed by atoms with van der Waals surface area (Å²) in [6.45, 7) is 1.94. The second kappa shape index (κ2) is 11.3. The zero-order chi connectivity index (χ0) is 23.1. The van der Waals surface area contributed by atoms with Crippen molar-refractivity contribution in [3.63, 3.8) is 0 Å². The third-order valence-corrected chi connectivity index (χ3v) is 6.36. The van der Waals surface area contributed by atoms with Crippen LogP contribution in [-0.4, -0.2) is 40.3 Å². The van der Waals surface area contributed by atoms with Crippen molar-refractivity contribution in [2.45, 2.75) is 11.3 Å². The first kappa shape index (κ1) is 24.0. The first-order valence-corrected chi connectivity index (χ1v) is 11.7.